The summed E-state index contributed by atoms with van der Waals surface area (Å²) in [5.41, 5.74) is -0.672. The molecule has 2 fully saturated rings. The van der Waals surface area contributed by atoms with E-state index in [0.717, 1.165) is 28.0 Å². The normalized spacial score (nSPS) is 16.7. The van der Waals surface area contributed by atoms with Crippen LogP contribution in [0.25, 0.3) is 0 Å². The van der Waals surface area contributed by atoms with Gasteiger partial charge in [0.1, 0.15) is 28.6 Å². The van der Waals surface area contributed by atoms with Crippen molar-refractivity contribution < 1.29 is 43.0 Å². The Kier molecular flexibility index (Phi) is 13.6. The smallest absolute Gasteiger partial charge is 0.413 e. The van der Waals surface area contributed by atoms with Crippen molar-refractivity contribution in [1.29, 1.82) is 0 Å². The largest absolute Gasteiger partial charge is 0.450 e. The quantitative estimate of drug-likeness (QED) is 0.0356. The molecule has 0 spiro atoms. The van der Waals surface area contributed by atoms with Crippen LogP contribution in [0.3, 0.4) is 0 Å². The van der Waals surface area contributed by atoms with Gasteiger partial charge in [0.2, 0.25) is 11.5 Å². The number of hydrogen-bond acceptors (Lipinski definition) is 15. The summed E-state index contributed by atoms with van der Waals surface area (Å²) in [5, 5.41) is 22.7. The van der Waals surface area contributed by atoms with Crippen molar-refractivity contribution in [3.05, 3.63) is 125 Å². The molecular formula is C45H50N10O9S. The van der Waals surface area contributed by atoms with E-state index in [9.17, 15) is 24.0 Å². The Labute approximate surface area is 378 Å². The molecule has 3 aromatic heterocycles. The number of esters is 1. The van der Waals surface area contributed by atoms with E-state index in [2.05, 4.69) is 41.3 Å². The highest BCUT2D eigenvalue weighted by atomic mass is 32.1. The average Bonchev–Trinajstić information content (AvgIpc) is 3.70. The van der Waals surface area contributed by atoms with Crippen LogP contribution in [0.15, 0.2) is 102 Å². The maximum absolute atomic E-state index is 14.1. The molecule has 4 heterocycles. The van der Waals surface area contributed by atoms with Gasteiger partial charge >= 0.3 is 18.2 Å². The third-order valence-corrected chi connectivity index (χ3v) is 10.5. The predicted octanol–water partition coefficient (Wildman–Crippen LogP) is 5.68. The molecule has 20 heteroatoms. The van der Waals surface area contributed by atoms with E-state index >= 15 is 0 Å². The van der Waals surface area contributed by atoms with Gasteiger partial charge in [-0.3, -0.25) is 24.8 Å². The molecule has 3 N–H and O–H groups in total. The lowest BCUT2D eigenvalue weighted by Gasteiger charge is -2.36. The molecule has 19 nitrogen and oxygen atoms in total. The standard InChI is InChI=1S/C45H50N10O9S/c1-43(2,3)62-41(59)51-40-49-33(27-65-40)35(53-64-45(19-20-45)39(58)61-36(29-15-9-7-10-16-29)30-17-11-8-12-18-30)38(57)50-34-32(48-37(34)56)26-55-47-23-31(52-55)25-54(42(60)63-44(4,5)6)24-28-14-13-21-46-22-28/h7-18,21-23,27,32,34,36H,19-20,24-26H2,1-6H3,(H,48,56)(H,50,57)(H,49,51,59)/b53-35-/t32-,34+/m1/s1. The zero-order chi connectivity index (χ0) is 46.4. The number of carbonyl (C=O) groups is 5. The molecule has 1 aliphatic heterocycles. The number of oxime groups is 1. The zero-order valence-corrected chi connectivity index (χ0v) is 37.5. The molecule has 5 aromatic rings. The van der Waals surface area contributed by atoms with E-state index in [0.29, 0.717) is 5.69 Å². The Morgan fingerprint density at radius 1 is 0.923 bits per heavy atom. The molecule has 0 radical (unpaired) electrons. The van der Waals surface area contributed by atoms with Crippen LogP contribution in [0.1, 0.15) is 88.6 Å². The molecule has 1 aliphatic carbocycles. The molecule has 1 saturated heterocycles. The first-order valence-corrected chi connectivity index (χ1v) is 21.7. The minimum absolute atomic E-state index is 0.00957. The second kappa shape index (κ2) is 19.3. The van der Waals surface area contributed by atoms with Gasteiger partial charge in [-0.15, -0.1) is 11.3 Å². The minimum atomic E-state index is -1.50. The number of ether oxygens (including phenoxy) is 3. The van der Waals surface area contributed by atoms with E-state index < -0.39 is 65.0 Å². The fourth-order valence-electron chi connectivity index (χ4n) is 6.47. The summed E-state index contributed by atoms with van der Waals surface area (Å²) in [5.74, 6) is -2.01. The van der Waals surface area contributed by atoms with Gasteiger partial charge in [0.25, 0.3) is 5.91 Å². The molecule has 65 heavy (non-hydrogen) atoms. The van der Waals surface area contributed by atoms with Crippen molar-refractivity contribution in [1.82, 2.24) is 40.5 Å². The first kappa shape index (κ1) is 45.8. The van der Waals surface area contributed by atoms with E-state index in [-0.39, 0.29) is 49.0 Å². The summed E-state index contributed by atoms with van der Waals surface area (Å²) >= 11 is 0.995. The van der Waals surface area contributed by atoms with Crippen LogP contribution >= 0.6 is 11.3 Å². The van der Waals surface area contributed by atoms with Crippen molar-refractivity contribution in [2.24, 2.45) is 5.16 Å². The van der Waals surface area contributed by atoms with Crippen molar-refractivity contribution in [3.63, 3.8) is 0 Å². The monoisotopic (exact) mass is 906 g/mol. The molecule has 340 valence electrons. The summed E-state index contributed by atoms with van der Waals surface area (Å²) < 4.78 is 17.1. The van der Waals surface area contributed by atoms with E-state index in [1.165, 1.54) is 21.3 Å². The Morgan fingerprint density at radius 3 is 2.20 bits per heavy atom. The number of nitrogens with one attached hydrogen (secondary N) is 3. The van der Waals surface area contributed by atoms with Crippen LogP contribution in [-0.4, -0.2) is 94.4 Å². The molecule has 2 aromatic carbocycles. The van der Waals surface area contributed by atoms with E-state index in [1.807, 2.05) is 66.7 Å². The Balaban J connectivity index is 1.07. The summed E-state index contributed by atoms with van der Waals surface area (Å²) in [6.07, 6.45) is 3.26. The van der Waals surface area contributed by atoms with Gasteiger partial charge < -0.3 is 29.7 Å². The molecule has 2 aliphatic rings. The molecule has 0 unspecified atom stereocenters. The van der Waals surface area contributed by atoms with Crippen molar-refractivity contribution in [3.8, 4) is 0 Å². The molecule has 7 rings (SSSR count). The summed E-state index contributed by atoms with van der Waals surface area (Å²) in [4.78, 5) is 84.1. The number of thiazole rings is 1. The molecule has 1 saturated carbocycles. The highest BCUT2D eigenvalue weighted by molar-refractivity contribution is 7.14. The average molecular weight is 907 g/mol. The van der Waals surface area contributed by atoms with Gasteiger partial charge in [0.15, 0.2) is 16.9 Å². The van der Waals surface area contributed by atoms with Gasteiger partial charge in [-0.2, -0.15) is 15.0 Å². The number of nitrogens with zero attached hydrogens (tertiary/aromatic N) is 7. The molecular weight excluding hydrogens is 857 g/mol. The predicted molar refractivity (Wildman–Crippen MR) is 236 cm³/mol. The number of anilines is 1. The van der Waals surface area contributed by atoms with Crippen LogP contribution in [0.4, 0.5) is 14.7 Å². The van der Waals surface area contributed by atoms with E-state index in [4.69, 9.17) is 19.0 Å². The number of β-lactam (4-membered cyclic amide) rings is 1. The van der Waals surface area contributed by atoms with Crippen molar-refractivity contribution in [2.75, 3.05) is 5.32 Å². The number of pyridine rings is 1. The number of hydrogen-bond donors (Lipinski definition) is 3. The lowest BCUT2D eigenvalue weighted by molar-refractivity contribution is -0.164. The molecule has 0 bridgehead atoms. The van der Waals surface area contributed by atoms with E-state index in [1.54, 1.807) is 60.0 Å². The number of amides is 4. The van der Waals surface area contributed by atoms with Crippen LogP contribution in [-0.2, 0) is 53.1 Å². The second-order valence-electron chi connectivity index (χ2n) is 17.5. The Hall–Kier alpha value is -7.22. The second-order valence-corrected chi connectivity index (χ2v) is 18.3. The number of carbonyl (C=O) groups excluding carboxylic acids is 5. The summed E-state index contributed by atoms with van der Waals surface area (Å²) in [6.45, 7) is 10.8. The summed E-state index contributed by atoms with van der Waals surface area (Å²) in [6, 6.07) is 20.4. The fraction of sp³-hybridized carbons (Fsp3) is 0.378. The van der Waals surface area contributed by atoms with Crippen LogP contribution in [0, 0.1) is 0 Å². The third kappa shape index (κ3) is 12.3. The fourth-order valence-corrected chi connectivity index (χ4v) is 7.15. The first-order chi connectivity index (χ1) is 30.9. The van der Waals surface area contributed by atoms with Gasteiger partial charge in [-0.25, -0.2) is 19.4 Å². The zero-order valence-electron chi connectivity index (χ0n) is 36.7. The number of aromatic nitrogens is 5. The number of benzene rings is 2. The lowest BCUT2D eigenvalue weighted by atomic mass is 9.98. The van der Waals surface area contributed by atoms with Crippen LogP contribution in [0.5, 0.6) is 0 Å². The third-order valence-electron chi connectivity index (χ3n) is 9.73. The Morgan fingerprint density at radius 2 is 1.60 bits per heavy atom. The SMILES string of the molecule is CC(C)(C)OC(=O)Nc1nc(/C(=N/OC2(C(=O)OC(c3ccccc3)c3ccccc3)CC2)C(=O)N[C@@H]2C(=O)N[C@@H]2Cn2ncc(CN(Cc3cccnc3)C(=O)OC(C)(C)C)n2)cs1. The van der Waals surface area contributed by atoms with Crippen molar-refractivity contribution in [2.45, 2.75) is 109 Å². The van der Waals surface area contributed by atoms with Gasteiger partial charge in [-0.1, -0.05) is 71.9 Å². The lowest BCUT2D eigenvalue weighted by Crippen LogP contribution is -2.70. The number of rotatable bonds is 16. The first-order valence-electron chi connectivity index (χ1n) is 20.8. The molecule has 2 atom stereocenters. The maximum Gasteiger partial charge on any atom is 0.413 e. The van der Waals surface area contributed by atoms with Gasteiger partial charge in [-0.05, 0) is 64.3 Å². The van der Waals surface area contributed by atoms with Crippen molar-refractivity contribution >= 4 is 52.2 Å². The van der Waals surface area contributed by atoms with Gasteiger partial charge in [0, 0.05) is 30.6 Å². The summed E-state index contributed by atoms with van der Waals surface area (Å²) in [7, 11) is 0. The molecule has 4 amide bonds. The van der Waals surface area contributed by atoms with Gasteiger partial charge in [0.05, 0.1) is 31.9 Å². The van der Waals surface area contributed by atoms with Crippen LogP contribution < -0.4 is 16.0 Å². The topological polar surface area (TPSA) is 230 Å². The Bertz CT molecular complexity index is 2480. The highest BCUT2D eigenvalue weighted by Crippen LogP contribution is 2.43. The van der Waals surface area contributed by atoms with Crippen LogP contribution in [0.2, 0.25) is 0 Å². The maximum atomic E-state index is 14.1. The highest BCUT2D eigenvalue weighted by Gasteiger charge is 2.56. The minimum Gasteiger partial charge on any atom is -0.450 e.